The van der Waals surface area contributed by atoms with Crippen LogP contribution in [0.1, 0.15) is 78.7 Å². The Labute approximate surface area is 278 Å². The molecule has 0 aromatic heterocycles. The molecule has 5 N–H and O–H groups in total. The zero-order valence-corrected chi connectivity index (χ0v) is 29.6. The minimum atomic E-state index is -1.67. The number of esters is 1. The molecule has 0 saturated heterocycles. The fourth-order valence-corrected chi connectivity index (χ4v) is 8.97. The Balaban J connectivity index is 0.00000387. The third-order valence-corrected chi connectivity index (χ3v) is 11.7. The van der Waals surface area contributed by atoms with E-state index in [2.05, 4.69) is 0 Å². The molecule has 223 valence electrons. The van der Waals surface area contributed by atoms with Crippen LogP contribution in [0.2, 0.25) is 0 Å². The SMILES string of the molecule is CC1=C2[C@@H](O)C(=O)[C@@]3(C)C([C@H](C)[C@](O)(C[C@@H]1OC(=O)[C@H](O)[C@@H](C)c1ccccc1)C2(C)C)[C@]1(O)CC[C@@H]1C[C@@H]3O.[Ac]. The van der Waals surface area contributed by atoms with E-state index in [0.717, 1.165) is 5.56 Å². The molecule has 8 nitrogen and oxygen atoms in total. The fraction of sp³-hybridized carbons (Fsp3) is 0.688. The minimum Gasteiger partial charge on any atom is -0.456 e. The van der Waals surface area contributed by atoms with Crippen molar-refractivity contribution in [2.24, 2.45) is 28.6 Å². The molecule has 4 aliphatic rings. The third kappa shape index (κ3) is 4.59. The van der Waals surface area contributed by atoms with Gasteiger partial charge in [0, 0.05) is 67.7 Å². The summed E-state index contributed by atoms with van der Waals surface area (Å²) in [5.41, 5.74) is -4.02. The molecule has 41 heavy (non-hydrogen) atoms. The molecule has 2 bridgehead atoms. The first kappa shape index (κ1) is 33.2. The van der Waals surface area contributed by atoms with Gasteiger partial charge in [-0.1, -0.05) is 58.0 Å². The summed E-state index contributed by atoms with van der Waals surface area (Å²) in [6, 6.07) is 9.12. The van der Waals surface area contributed by atoms with Crippen LogP contribution >= 0.6 is 0 Å². The topological polar surface area (TPSA) is 145 Å². The number of ether oxygens (including phenoxy) is 1. The second-order valence-electron chi connectivity index (χ2n) is 13.7. The fourth-order valence-electron chi connectivity index (χ4n) is 8.97. The number of benzene rings is 1. The zero-order chi connectivity index (χ0) is 29.6. The van der Waals surface area contributed by atoms with E-state index in [4.69, 9.17) is 4.74 Å². The number of aliphatic hydroxyl groups excluding tert-OH is 3. The molecule has 0 amide bonds. The van der Waals surface area contributed by atoms with Crippen molar-refractivity contribution in [1.29, 1.82) is 0 Å². The number of aliphatic hydroxyl groups is 5. The maximum Gasteiger partial charge on any atom is 0.336 e. The standard InChI is InChI=1S/C32H44O8.Ac/c1-16(19-10-8-7-9-11-19)24(34)28(37)40-21-15-32(39)18(3)26-30(6,22(33)14-20-12-13-31(20,26)38)27(36)25(35)23(17(21)2)29(32,4)5;/h7-11,16,18,20-22,24-26,33-35,38-39H,12-15H2,1-6H3;/t16-,18-,20+,21-,22-,24+,25+,26?,30+,31-,32+;/m0./s1. The zero-order valence-electron chi connectivity index (χ0n) is 24.9. The second kappa shape index (κ2) is 11.1. The van der Waals surface area contributed by atoms with Crippen molar-refractivity contribution in [2.45, 2.75) is 109 Å². The van der Waals surface area contributed by atoms with E-state index in [1.54, 1.807) is 41.5 Å². The number of rotatable bonds is 4. The Morgan fingerprint density at radius 3 is 2.27 bits per heavy atom. The van der Waals surface area contributed by atoms with Gasteiger partial charge in [-0.15, -0.1) is 0 Å². The van der Waals surface area contributed by atoms with Crippen molar-refractivity contribution in [1.82, 2.24) is 0 Å². The number of fused-ring (bicyclic) bond motifs is 5. The summed E-state index contributed by atoms with van der Waals surface area (Å²) >= 11 is 0. The molecule has 1 aromatic carbocycles. The largest absolute Gasteiger partial charge is 0.456 e. The van der Waals surface area contributed by atoms with E-state index in [1.807, 2.05) is 30.3 Å². The molecular weight excluding hydrogens is 739 g/mol. The number of hydrogen-bond donors (Lipinski definition) is 5. The van der Waals surface area contributed by atoms with Crippen molar-refractivity contribution >= 4 is 11.8 Å². The minimum absolute atomic E-state index is 0. The maximum atomic E-state index is 14.2. The van der Waals surface area contributed by atoms with Crippen molar-refractivity contribution in [2.75, 3.05) is 0 Å². The summed E-state index contributed by atoms with van der Waals surface area (Å²) in [7, 11) is 0. The van der Waals surface area contributed by atoms with Gasteiger partial charge in [0.15, 0.2) is 11.9 Å². The Morgan fingerprint density at radius 1 is 1.10 bits per heavy atom. The molecule has 1 aromatic rings. The van der Waals surface area contributed by atoms with Gasteiger partial charge in [0.2, 0.25) is 0 Å². The van der Waals surface area contributed by atoms with Crippen molar-refractivity contribution in [3.8, 4) is 0 Å². The monoisotopic (exact) mass is 783 g/mol. The summed E-state index contributed by atoms with van der Waals surface area (Å²) < 4.78 is 5.86. The van der Waals surface area contributed by atoms with Gasteiger partial charge >= 0.3 is 5.97 Å². The summed E-state index contributed by atoms with van der Waals surface area (Å²) in [6.45, 7) is 10.4. The van der Waals surface area contributed by atoms with Gasteiger partial charge in [-0.25, -0.2) is 4.79 Å². The number of carbonyl (C=O) groups is 2. The van der Waals surface area contributed by atoms with Crippen LogP contribution in [-0.4, -0.2) is 72.9 Å². The van der Waals surface area contributed by atoms with Crippen LogP contribution in [0.3, 0.4) is 0 Å². The van der Waals surface area contributed by atoms with Crippen LogP contribution in [0.5, 0.6) is 0 Å². The Bertz CT molecular complexity index is 1230. The predicted molar refractivity (Wildman–Crippen MR) is 147 cm³/mol. The number of ketones is 1. The van der Waals surface area contributed by atoms with Gasteiger partial charge in [-0.2, -0.15) is 0 Å². The van der Waals surface area contributed by atoms with E-state index >= 15 is 0 Å². The molecule has 0 spiro atoms. The maximum absolute atomic E-state index is 14.2. The average Bonchev–Trinajstić information content (AvgIpc) is 2.91. The normalized spacial score (nSPS) is 42.8. The van der Waals surface area contributed by atoms with Crippen LogP contribution in [0.15, 0.2) is 41.5 Å². The molecule has 11 atom stereocenters. The Morgan fingerprint density at radius 2 is 1.71 bits per heavy atom. The molecule has 1 unspecified atom stereocenters. The summed E-state index contributed by atoms with van der Waals surface area (Å²) in [6.07, 6.45) is -3.86. The summed E-state index contributed by atoms with van der Waals surface area (Å²) in [5.74, 6) is -3.73. The van der Waals surface area contributed by atoms with E-state index in [0.29, 0.717) is 18.4 Å². The first-order valence-corrected chi connectivity index (χ1v) is 14.5. The van der Waals surface area contributed by atoms with Crippen LogP contribution in [0.25, 0.3) is 0 Å². The van der Waals surface area contributed by atoms with Crippen LogP contribution in [-0.2, 0) is 14.3 Å². The quantitative estimate of drug-likeness (QED) is 0.232. The van der Waals surface area contributed by atoms with Gasteiger partial charge < -0.3 is 30.3 Å². The molecule has 0 aliphatic heterocycles. The van der Waals surface area contributed by atoms with Gasteiger partial charge in [0.25, 0.3) is 0 Å². The van der Waals surface area contributed by atoms with Crippen molar-refractivity contribution < 1.29 is 83.9 Å². The smallest absolute Gasteiger partial charge is 0.336 e. The van der Waals surface area contributed by atoms with Crippen LogP contribution < -0.4 is 0 Å². The molecule has 3 saturated carbocycles. The van der Waals surface area contributed by atoms with Crippen LogP contribution in [0.4, 0.5) is 0 Å². The third-order valence-electron chi connectivity index (χ3n) is 11.7. The molecule has 1 radical (unpaired) electrons. The summed E-state index contributed by atoms with van der Waals surface area (Å²) in [4.78, 5) is 27.4. The number of Topliss-reactive ketones (excluding diaryl/α,β-unsaturated/α-hetero) is 1. The van der Waals surface area contributed by atoms with Gasteiger partial charge in [-0.3, -0.25) is 4.79 Å². The molecule has 4 aliphatic carbocycles. The molecule has 9 heteroatoms. The van der Waals surface area contributed by atoms with Crippen molar-refractivity contribution in [3.05, 3.63) is 47.0 Å². The Kier molecular flexibility index (Phi) is 8.96. The van der Waals surface area contributed by atoms with Crippen molar-refractivity contribution in [3.63, 3.8) is 0 Å². The molecular formula is C32H44AcO8. The number of hydrogen-bond acceptors (Lipinski definition) is 8. The molecule has 0 heterocycles. The molecule has 5 rings (SSSR count). The van der Waals surface area contributed by atoms with Crippen LogP contribution in [0, 0.1) is 72.6 Å². The number of carbonyl (C=O) groups excluding carboxylic acids is 2. The van der Waals surface area contributed by atoms with Gasteiger partial charge in [-0.05, 0) is 61.7 Å². The predicted octanol–water partition coefficient (Wildman–Crippen LogP) is 2.65. The first-order chi connectivity index (χ1) is 18.5. The Hall–Kier alpha value is -0.658. The van der Waals surface area contributed by atoms with E-state index in [1.165, 1.54) is 0 Å². The first-order valence-electron chi connectivity index (χ1n) is 14.5. The second-order valence-corrected chi connectivity index (χ2v) is 13.7. The van der Waals surface area contributed by atoms with E-state index in [-0.39, 0.29) is 68.4 Å². The van der Waals surface area contributed by atoms with E-state index < -0.39 is 76.0 Å². The van der Waals surface area contributed by atoms with Gasteiger partial charge in [0.05, 0.1) is 22.7 Å². The average molecular weight is 784 g/mol. The van der Waals surface area contributed by atoms with Gasteiger partial charge in [0.1, 0.15) is 12.2 Å². The van der Waals surface area contributed by atoms with E-state index in [9.17, 15) is 35.1 Å². The summed E-state index contributed by atoms with van der Waals surface area (Å²) in [5, 5.41) is 58.4. The molecule has 3 fully saturated rings.